The highest BCUT2D eigenvalue weighted by Crippen LogP contribution is 2.08. The molecule has 0 saturated carbocycles. The van der Waals surface area contributed by atoms with E-state index >= 15 is 0 Å². The van der Waals surface area contributed by atoms with Gasteiger partial charge in [-0.3, -0.25) is 4.79 Å². The lowest BCUT2D eigenvalue weighted by atomic mass is 10.4. The van der Waals surface area contributed by atoms with Crippen LogP contribution < -0.4 is 0 Å². The average Bonchev–Trinajstić information content (AvgIpc) is 2.14. The van der Waals surface area contributed by atoms with Crippen LogP contribution in [-0.2, 0) is 7.86 Å². The van der Waals surface area contributed by atoms with Crippen molar-refractivity contribution in [2.75, 3.05) is 0 Å². The quantitative estimate of drug-likeness (QED) is 0.578. The van der Waals surface area contributed by atoms with E-state index in [0.717, 1.165) is 0 Å². The van der Waals surface area contributed by atoms with Crippen molar-refractivity contribution in [2.45, 2.75) is 12.8 Å². The Bertz CT molecular complexity index is 143. The molecule has 0 radical (unpaired) electrons. The van der Waals surface area contributed by atoms with E-state index in [9.17, 15) is 4.79 Å². The van der Waals surface area contributed by atoms with Gasteiger partial charge in [-0.1, -0.05) is 0 Å². The van der Waals surface area contributed by atoms with Gasteiger partial charge in [-0.05, 0) is 0 Å². The third-order valence-corrected chi connectivity index (χ3v) is 1.40. The lowest BCUT2D eigenvalue weighted by Crippen LogP contribution is -1.87. The van der Waals surface area contributed by atoms with E-state index in [1.54, 1.807) is 23.0 Å². The molecule has 0 aromatic heterocycles. The summed E-state index contributed by atoms with van der Waals surface area (Å²) in [7, 11) is 0. The first kappa shape index (κ1) is 6.00. The van der Waals surface area contributed by atoms with Gasteiger partial charge in [0.05, 0.1) is 0 Å². The standard InChI is InChI=1S/C4H4INO2/c5-8-4-2-1-3(7)6-4/h1-2H2. The third-order valence-electron chi connectivity index (χ3n) is 0.891. The number of amides is 1. The zero-order chi connectivity index (χ0) is 5.98. The minimum absolute atomic E-state index is 0.0725. The van der Waals surface area contributed by atoms with Gasteiger partial charge in [0, 0.05) is 12.8 Å². The lowest BCUT2D eigenvalue weighted by Gasteiger charge is -1.86. The Morgan fingerprint density at radius 2 is 2.38 bits per heavy atom. The van der Waals surface area contributed by atoms with Crippen LogP contribution in [0.5, 0.6) is 0 Å². The Hall–Kier alpha value is -0.130. The van der Waals surface area contributed by atoms with E-state index in [-0.39, 0.29) is 5.91 Å². The molecule has 0 N–H and O–H groups in total. The fourth-order valence-corrected chi connectivity index (χ4v) is 0.839. The molecule has 1 heterocycles. The lowest BCUT2D eigenvalue weighted by molar-refractivity contribution is -0.117. The molecule has 0 spiro atoms. The highest BCUT2D eigenvalue weighted by atomic mass is 127. The van der Waals surface area contributed by atoms with Crippen molar-refractivity contribution in [3.05, 3.63) is 0 Å². The van der Waals surface area contributed by atoms with Crippen LogP contribution in [-0.4, -0.2) is 11.8 Å². The Kier molecular flexibility index (Phi) is 1.82. The first-order chi connectivity index (χ1) is 3.83. The molecule has 0 fully saturated rings. The van der Waals surface area contributed by atoms with Crippen molar-refractivity contribution in [3.63, 3.8) is 0 Å². The van der Waals surface area contributed by atoms with E-state index in [4.69, 9.17) is 0 Å². The smallest absolute Gasteiger partial charge is 0.249 e. The molecule has 0 saturated heterocycles. The maximum atomic E-state index is 10.3. The molecule has 0 atom stereocenters. The van der Waals surface area contributed by atoms with Crippen LogP contribution in [0.1, 0.15) is 12.8 Å². The van der Waals surface area contributed by atoms with Crippen LogP contribution in [0.25, 0.3) is 0 Å². The van der Waals surface area contributed by atoms with Crippen molar-refractivity contribution < 1.29 is 7.86 Å². The Morgan fingerprint density at radius 1 is 1.62 bits per heavy atom. The van der Waals surface area contributed by atoms with Gasteiger partial charge in [-0.2, -0.15) is 4.99 Å². The fraction of sp³-hybridized carbons (Fsp3) is 0.500. The first-order valence-corrected chi connectivity index (χ1v) is 3.10. The summed E-state index contributed by atoms with van der Waals surface area (Å²) < 4.78 is 4.68. The molecule has 3 nitrogen and oxygen atoms in total. The predicted octanol–water partition coefficient (Wildman–Crippen LogP) is 1.07. The summed E-state index contributed by atoms with van der Waals surface area (Å²) in [5, 5.41) is 0. The molecule has 0 aromatic rings. The van der Waals surface area contributed by atoms with Crippen LogP contribution in [0, 0.1) is 0 Å². The van der Waals surface area contributed by atoms with E-state index in [0.29, 0.717) is 18.7 Å². The van der Waals surface area contributed by atoms with Crippen LogP contribution in [0.3, 0.4) is 0 Å². The summed E-state index contributed by atoms with van der Waals surface area (Å²) >= 11 is 1.72. The first-order valence-electron chi connectivity index (χ1n) is 2.22. The average molecular weight is 225 g/mol. The molecule has 0 bridgehead atoms. The van der Waals surface area contributed by atoms with Crippen molar-refractivity contribution in [1.82, 2.24) is 0 Å². The maximum Gasteiger partial charge on any atom is 0.249 e. The molecule has 1 aliphatic rings. The van der Waals surface area contributed by atoms with Gasteiger partial charge < -0.3 is 3.07 Å². The van der Waals surface area contributed by atoms with Crippen molar-refractivity contribution >= 4 is 34.8 Å². The van der Waals surface area contributed by atoms with Crippen molar-refractivity contribution in [2.24, 2.45) is 4.99 Å². The normalized spacial score (nSPS) is 18.6. The number of carbonyl (C=O) groups excluding carboxylic acids is 1. The number of carbonyl (C=O) groups is 1. The van der Waals surface area contributed by atoms with E-state index in [1.807, 2.05) is 0 Å². The van der Waals surface area contributed by atoms with Gasteiger partial charge in [-0.15, -0.1) is 0 Å². The molecule has 0 aromatic carbocycles. The molecule has 0 aliphatic carbocycles. The number of aliphatic imine (C=N–C) groups is 1. The van der Waals surface area contributed by atoms with Crippen molar-refractivity contribution in [1.29, 1.82) is 0 Å². The van der Waals surface area contributed by atoms with Crippen molar-refractivity contribution in [3.8, 4) is 0 Å². The van der Waals surface area contributed by atoms with Crippen LogP contribution in [0.2, 0.25) is 0 Å². The number of nitrogens with zero attached hydrogens (tertiary/aromatic N) is 1. The summed E-state index contributed by atoms with van der Waals surface area (Å²) in [5.74, 6) is 0.479. The largest absolute Gasteiger partial charge is 0.412 e. The Morgan fingerprint density at radius 3 is 2.62 bits per heavy atom. The second-order valence-corrected chi connectivity index (χ2v) is 1.92. The molecular formula is C4H4INO2. The Labute approximate surface area is 60.8 Å². The number of halogens is 1. The fourth-order valence-electron chi connectivity index (χ4n) is 0.521. The summed E-state index contributed by atoms with van der Waals surface area (Å²) in [6.45, 7) is 0. The topological polar surface area (TPSA) is 38.7 Å². The zero-order valence-electron chi connectivity index (χ0n) is 4.06. The number of hydrogen-bond acceptors (Lipinski definition) is 2. The van der Waals surface area contributed by atoms with Gasteiger partial charge in [-0.25, -0.2) is 0 Å². The van der Waals surface area contributed by atoms with Crippen LogP contribution in [0.15, 0.2) is 4.99 Å². The minimum atomic E-state index is -0.0725. The van der Waals surface area contributed by atoms with Gasteiger partial charge in [0.1, 0.15) is 0 Å². The summed E-state index contributed by atoms with van der Waals surface area (Å²) in [6, 6.07) is 0. The molecule has 1 rings (SSSR count). The SMILES string of the molecule is O=C1CCC(OI)=N1. The van der Waals surface area contributed by atoms with Gasteiger partial charge >= 0.3 is 0 Å². The molecule has 44 valence electrons. The molecule has 1 amide bonds. The van der Waals surface area contributed by atoms with E-state index in [1.165, 1.54) is 0 Å². The van der Waals surface area contributed by atoms with Crippen LogP contribution in [0.4, 0.5) is 0 Å². The summed E-state index contributed by atoms with van der Waals surface area (Å²) in [6.07, 6.45) is 1.18. The molecule has 8 heavy (non-hydrogen) atoms. The van der Waals surface area contributed by atoms with Gasteiger partial charge in [0.25, 0.3) is 0 Å². The molecular weight excluding hydrogens is 221 g/mol. The number of hydrogen-bond donors (Lipinski definition) is 0. The minimum Gasteiger partial charge on any atom is -0.412 e. The van der Waals surface area contributed by atoms with Crippen LogP contribution >= 0.6 is 23.0 Å². The molecule has 0 unspecified atom stereocenters. The van der Waals surface area contributed by atoms with Gasteiger partial charge in [0.2, 0.25) is 11.8 Å². The predicted molar refractivity (Wildman–Crippen MR) is 36.8 cm³/mol. The Balaban J connectivity index is 2.57. The maximum absolute atomic E-state index is 10.3. The van der Waals surface area contributed by atoms with Gasteiger partial charge in [0.15, 0.2) is 23.0 Å². The second kappa shape index (κ2) is 2.43. The zero-order valence-corrected chi connectivity index (χ0v) is 6.21. The monoisotopic (exact) mass is 225 g/mol. The van der Waals surface area contributed by atoms with E-state index < -0.39 is 0 Å². The highest BCUT2D eigenvalue weighted by molar-refractivity contribution is 14.1. The second-order valence-electron chi connectivity index (χ2n) is 1.48. The molecule has 4 heteroatoms. The third kappa shape index (κ3) is 1.18. The number of rotatable bonds is 0. The summed E-state index contributed by atoms with van der Waals surface area (Å²) in [4.78, 5) is 13.9. The summed E-state index contributed by atoms with van der Waals surface area (Å²) in [5.41, 5.74) is 0. The molecule has 1 aliphatic heterocycles. The van der Waals surface area contributed by atoms with E-state index in [2.05, 4.69) is 8.06 Å². The highest BCUT2D eigenvalue weighted by Gasteiger charge is 2.13.